The highest BCUT2D eigenvalue weighted by atomic mass is 16.6. The van der Waals surface area contributed by atoms with Gasteiger partial charge in [0.2, 0.25) is 0 Å². The Morgan fingerprint density at radius 3 is 1.45 bits per heavy atom. The van der Waals surface area contributed by atoms with Gasteiger partial charge in [0.05, 0.1) is 6.61 Å². The normalized spacial score (nSPS) is 18.3. The van der Waals surface area contributed by atoms with E-state index in [9.17, 15) is 19.8 Å². The molecule has 0 unspecified atom stereocenters. The molecule has 4 atom stereocenters. The molecule has 1 saturated heterocycles. The minimum Gasteiger partial charge on any atom is -0.463 e. The first-order valence-corrected chi connectivity index (χ1v) is 21.0. The summed E-state index contributed by atoms with van der Waals surface area (Å²) < 4.78 is 16.2. The van der Waals surface area contributed by atoms with E-state index in [4.69, 9.17) is 14.2 Å². The molecule has 7 nitrogen and oxygen atoms in total. The van der Waals surface area contributed by atoms with Gasteiger partial charge < -0.3 is 24.4 Å². The molecule has 1 rings (SSSR count). The number of hydrogen-bond donors (Lipinski definition) is 2. The highest BCUT2D eigenvalue weighted by Crippen LogP contribution is 2.22. The number of carbonyl (C=O) groups excluding carboxylic acids is 2. The van der Waals surface area contributed by atoms with Gasteiger partial charge in [-0.3, -0.25) is 9.59 Å². The Labute approximate surface area is 301 Å². The maximum Gasteiger partial charge on any atom is 0.306 e. The standard InChI is InChI=1S/C42H78O7/c1-3-5-7-9-11-13-15-17-19-21-23-25-27-29-31-33-39(44)47-35-37(43)42-41(46)38(36-48-42)49-40(45)34-32-30-28-26-24-22-20-18-16-14-12-10-8-6-4-2/h18,20,37-38,41-43,46H,3-17,19,21-36H2,1-2H3/b20-18-/t37-,38+,41-,42-/m1/s1. The van der Waals surface area contributed by atoms with Crippen LogP contribution in [0, 0.1) is 0 Å². The lowest BCUT2D eigenvalue weighted by atomic mass is 10.0. The van der Waals surface area contributed by atoms with Crippen LogP contribution in [0.25, 0.3) is 0 Å². The van der Waals surface area contributed by atoms with E-state index in [1.54, 1.807) is 0 Å². The fourth-order valence-electron chi connectivity index (χ4n) is 6.61. The lowest BCUT2D eigenvalue weighted by molar-refractivity contribution is -0.154. The predicted molar refractivity (Wildman–Crippen MR) is 202 cm³/mol. The van der Waals surface area contributed by atoms with Crippen LogP contribution in [0.2, 0.25) is 0 Å². The van der Waals surface area contributed by atoms with Gasteiger partial charge >= 0.3 is 11.9 Å². The first-order valence-electron chi connectivity index (χ1n) is 21.0. The highest BCUT2D eigenvalue weighted by molar-refractivity contribution is 5.69. The maximum absolute atomic E-state index is 12.3. The largest absolute Gasteiger partial charge is 0.463 e. The van der Waals surface area contributed by atoms with Crippen molar-refractivity contribution in [2.45, 2.75) is 231 Å². The van der Waals surface area contributed by atoms with Crippen LogP contribution in [-0.4, -0.2) is 59.8 Å². The Morgan fingerprint density at radius 2 is 1.00 bits per heavy atom. The van der Waals surface area contributed by atoms with Gasteiger partial charge in [0, 0.05) is 12.8 Å². The molecule has 49 heavy (non-hydrogen) atoms. The van der Waals surface area contributed by atoms with Crippen LogP contribution in [0.5, 0.6) is 0 Å². The summed E-state index contributed by atoms with van der Waals surface area (Å²) in [5, 5.41) is 21.1. The molecule has 1 aliphatic heterocycles. The molecule has 2 N–H and O–H groups in total. The number of unbranched alkanes of at least 4 members (excludes halogenated alkanes) is 25. The second kappa shape index (κ2) is 33.7. The van der Waals surface area contributed by atoms with Crippen molar-refractivity contribution in [1.29, 1.82) is 0 Å². The van der Waals surface area contributed by atoms with Crippen molar-refractivity contribution in [3.63, 3.8) is 0 Å². The van der Waals surface area contributed by atoms with Crippen LogP contribution in [-0.2, 0) is 23.8 Å². The van der Waals surface area contributed by atoms with Crippen molar-refractivity contribution in [3.8, 4) is 0 Å². The zero-order valence-electron chi connectivity index (χ0n) is 32.0. The van der Waals surface area contributed by atoms with Gasteiger partial charge in [0.25, 0.3) is 0 Å². The maximum atomic E-state index is 12.3. The van der Waals surface area contributed by atoms with E-state index in [1.165, 1.54) is 128 Å². The third kappa shape index (κ3) is 27.0. The smallest absolute Gasteiger partial charge is 0.306 e. The SMILES string of the molecule is CCCCCCCC/C=C\CCCCCCCC(=O)O[C@H]1CO[C@H]([C@H](O)COC(=O)CCCCCCCCCCCCCCCCC)[C@@H]1O. The summed E-state index contributed by atoms with van der Waals surface area (Å²) in [4.78, 5) is 24.5. The Kier molecular flexibility index (Phi) is 31.3. The van der Waals surface area contributed by atoms with E-state index >= 15 is 0 Å². The molecule has 0 aliphatic carbocycles. The van der Waals surface area contributed by atoms with Crippen molar-refractivity contribution < 1.29 is 34.0 Å². The van der Waals surface area contributed by atoms with Crippen LogP contribution < -0.4 is 0 Å². The van der Waals surface area contributed by atoms with E-state index in [0.717, 1.165) is 51.4 Å². The zero-order valence-corrected chi connectivity index (χ0v) is 32.0. The topological polar surface area (TPSA) is 102 Å². The molecule has 1 aliphatic rings. The molecule has 0 aromatic heterocycles. The second-order valence-corrected chi connectivity index (χ2v) is 14.6. The molecule has 1 heterocycles. The lowest BCUT2D eigenvalue weighted by Gasteiger charge is -2.22. The number of ether oxygens (including phenoxy) is 3. The molecule has 1 fully saturated rings. The third-order valence-electron chi connectivity index (χ3n) is 9.87. The summed E-state index contributed by atoms with van der Waals surface area (Å²) in [6, 6.07) is 0. The van der Waals surface area contributed by atoms with Crippen molar-refractivity contribution >= 4 is 11.9 Å². The van der Waals surface area contributed by atoms with Crippen LogP contribution in [0.15, 0.2) is 12.2 Å². The van der Waals surface area contributed by atoms with Crippen LogP contribution in [0.3, 0.4) is 0 Å². The Morgan fingerprint density at radius 1 is 0.612 bits per heavy atom. The molecule has 0 radical (unpaired) electrons. The number of esters is 2. The van der Waals surface area contributed by atoms with Crippen molar-refractivity contribution in [1.82, 2.24) is 0 Å². The number of rotatable bonds is 35. The van der Waals surface area contributed by atoms with Gasteiger partial charge in [-0.2, -0.15) is 0 Å². The van der Waals surface area contributed by atoms with Crippen molar-refractivity contribution in [2.75, 3.05) is 13.2 Å². The second-order valence-electron chi connectivity index (χ2n) is 14.6. The van der Waals surface area contributed by atoms with Gasteiger partial charge in [-0.1, -0.05) is 167 Å². The summed E-state index contributed by atoms with van der Waals surface area (Å²) in [7, 11) is 0. The van der Waals surface area contributed by atoms with E-state index in [-0.39, 0.29) is 25.2 Å². The molecular formula is C42H78O7. The van der Waals surface area contributed by atoms with Crippen molar-refractivity contribution in [3.05, 3.63) is 12.2 Å². The monoisotopic (exact) mass is 695 g/mol. The number of allylic oxidation sites excluding steroid dienone is 2. The molecular weight excluding hydrogens is 616 g/mol. The fourth-order valence-corrected chi connectivity index (χ4v) is 6.61. The Hall–Kier alpha value is -1.44. The molecule has 7 heteroatoms. The van der Waals surface area contributed by atoms with Gasteiger partial charge in [-0.05, 0) is 38.5 Å². The fraction of sp³-hybridized carbons (Fsp3) is 0.905. The number of carbonyl (C=O) groups is 2. The first kappa shape index (κ1) is 45.6. The number of aliphatic hydroxyl groups excluding tert-OH is 2. The molecule has 0 bridgehead atoms. The predicted octanol–water partition coefficient (Wildman–Crippen LogP) is 10.9. The average molecular weight is 695 g/mol. The molecule has 0 aromatic rings. The summed E-state index contributed by atoms with van der Waals surface area (Å²) in [6.07, 6.45) is 35.8. The van der Waals surface area contributed by atoms with Gasteiger partial charge in [0.1, 0.15) is 24.9 Å². The van der Waals surface area contributed by atoms with E-state index in [1.807, 2.05) is 0 Å². The van der Waals surface area contributed by atoms with Crippen LogP contribution >= 0.6 is 0 Å². The zero-order chi connectivity index (χ0) is 35.6. The van der Waals surface area contributed by atoms with Crippen LogP contribution in [0.4, 0.5) is 0 Å². The summed E-state index contributed by atoms with van der Waals surface area (Å²) in [5.41, 5.74) is 0. The molecule has 0 saturated carbocycles. The molecule has 0 spiro atoms. The number of aliphatic hydroxyl groups is 2. The minimum atomic E-state index is -1.17. The summed E-state index contributed by atoms with van der Waals surface area (Å²) in [6.45, 7) is 4.30. The summed E-state index contributed by atoms with van der Waals surface area (Å²) >= 11 is 0. The molecule has 288 valence electrons. The minimum absolute atomic E-state index is 0.0219. The third-order valence-corrected chi connectivity index (χ3v) is 9.87. The Bertz CT molecular complexity index is 785. The van der Waals surface area contributed by atoms with Gasteiger partial charge in [-0.25, -0.2) is 0 Å². The highest BCUT2D eigenvalue weighted by Gasteiger charge is 2.42. The van der Waals surface area contributed by atoms with Gasteiger partial charge in [-0.15, -0.1) is 0 Å². The average Bonchev–Trinajstić information content (AvgIpc) is 3.46. The quantitative estimate of drug-likeness (QED) is 0.0387. The lowest BCUT2D eigenvalue weighted by Crippen LogP contribution is -2.42. The van der Waals surface area contributed by atoms with Crippen molar-refractivity contribution in [2.24, 2.45) is 0 Å². The first-order chi connectivity index (χ1) is 24.0. The molecule has 0 aromatic carbocycles. The van der Waals surface area contributed by atoms with Gasteiger partial charge in [0.15, 0.2) is 6.10 Å². The van der Waals surface area contributed by atoms with E-state index < -0.39 is 24.4 Å². The van der Waals surface area contributed by atoms with E-state index in [2.05, 4.69) is 26.0 Å². The summed E-state index contributed by atoms with van der Waals surface area (Å²) in [5.74, 6) is -0.695. The van der Waals surface area contributed by atoms with E-state index in [0.29, 0.717) is 12.8 Å². The Balaban J connectivity index is 1.97. The van der Waals surface area contributed by atoms with Crippen LogP contribution in [0.1, 0.15) is 206 Å². The molecule has 0 amide bonds. The number of hydrogen-bond acceptors (Lipinski definition) is 7.